The Morgan fingerprint density at radius 1 is 0.826 bits per heavy atom. The van der Waals surface area contributed by atoms with Gasteiger partial charge in [0.05, 0.1) is 0 Å². The highest BCUT2D eigenvalue weighted by Crippen LogP contribution is 2.14. The van der Waals surface area contributed by atoms with Crippen LogP contribution in [0.25, 0.3) is 10.9 Å². The zero-order chi connectivity index (χ0) is 16.1. The smallest absolute Gasteiger partial charge is 0.267 e. The standard InChI is InChI=1S/C18H17N3O2/c22-17(13-6-2-1-3-7-13)19-10-11-20-18(23)16-12-14-8-4-5-9-15(14)21-16/h1-9,12,21H,10-11H2,(H,19,22)(H,20,23). The Bertz CT molecular complexity index is 791. The van der Waals surface area contributed by atoms with Crippen LogP contribution in [-0.4, -0.2) is 29.9 Å². The molecule has 1 heterocycles. The van der Waals surface area contributed by atoms with Crippen molar-refractivity contribution in [2.45, 2.75) is 0 Å². The first kappa shape index (κ1) is 14.8. The number of hydrogen-bond acceptors (Lipinski definition) is 2. The van der Waals surface area contributed by atoms with E-state index in [1.165, 1.54) is 0 Å². The summed E-state index contributed by atoms with van der Waals surface area (Å²) < 4.78 is 0. The van der Waals surface area contributed by atoms with Crippen molar-refractivity contribution in [3.8, 4) is 0 Å². The number of fused-ring (bicyclic) bond motifs is 1. The molecule has 0 aliphatic carbocycles. The van der Waals surface area contributed by atoms with E-state index in [4.69, 9.17) is 0 Å². The van der Waals surface area contributed by atoms with Crippen LogP contribution in [0.3, 0.4) is 0 Å². The van der Waals surface area contributed by atoms with Crippen LogP contribution in [0.4, 0.5) is 0 Å². The quantitative estimate of drug-likeness (QED) is 0.633. The monoisotopic (exact) mass is 307 g/mol. The minimum Gasteiger partial charge on any atom is -0.351 e. The molecule has 0 saturated heterocycles. The molecule has 0 atom stereocenters. The lowest BCUT2D eigenvalue weighted by Crippen LogP contribution is -2.34. The Hall–Kier alpha value is -3.08. The minimum absolute atomic E-state index is 0.148. The Balaban J connectivity index is 1.49. The molecule has 23 heavy (non-hydrogen) atoms. The van der Waals surface area contributed by atoms with Crippen LogP contribution in [0, 0.1) is 0 Å². The van der Waals surface area contributed by atoms with Gasteiger partial charge < -0.3 is 15.6 Å². The average molecular weight is 307 g/mol. The third-order valence-corrected chi connectivity index (χ3v) is 3.51. The Labute approximate surface area is 133 Å². The minimum atomic E-state index is -0.185. The van der Waals surface area contributed by atoms with Crippen LogP contribution < -0.4 is 10.6 Å². The highest BCUT2D eigenvalue weighted by atomic mass is 16.2. The van der Waals surface area contributed by atoms with Crippen molar-refractivity contribution in [3.05, 3.63) is 71.9 Å². The van der Waals surface area contributed by atoms with Crippen molar-refractivity contribution in [3.63, 3.8) is 0 Å². The predicted molar refractivity (Wildman–Crippen MR) is 89.4 cm³/mol. The molecule has 0 saturated carbocycles. The number of H-pyrrole nitrogens is 1. The fourth-order valence-corrected chi connectivity index (χ4v) is 2.33. The van der Waals surface area contributed by atoms with Gasteiger partial charge in [0.25, 0.3) is 11.8 Å². The van der Waals surface area contributed by atoms with E-state index in [0.29, 0.717) is 24.3 Å². The Kier molecular flexibility index (Phi) is 4.38. The molecule has 5 nitrogen and oxygen atoms in total. The third-order valence-electron chi connectivity index (χ3n) is 3.51. The summed E-state index contributed by atoms with van der Waals surface area (Å²) in [6, 6.07) is 18.5. The van der Waals surface area contributed by atoms with Gasteiger partial charge in [-0.1, -0.05) is 36.4 Å². The van der Waals surface area contributed by atoms with Gasteiger partial charge in [-0.25, -0.2) is 0 Å². The fourth-order valence-electron chi connectivity index (χ4n) is 2.33. The fraction of sp³-hybridized carbons (Fsp3) is 0.111. The first-order valence-corrected chi connectivity index (χ1v) is 7.43. The number of aromatic amines is 1. The van der Waals surface area contributed by atoms with Crippen LogP contribution in [0.1, 0.15) is 20.8 Å². The zero-order valence-electron chi connectivity index (χ0n) is 12.5. The molecule has 2 amide bonds. The van der Waals surface area contributed by atoms with Crippen molar-refractivity contribution in [2.75, 3.05) is 13.1 Å². The number of hydrogen-bond donors (Lipinski definition) is 3. The molecule has 3 rings (SSSR count). The maximum absolute atomic E-state index is 12.1. The number of benzene rings is 2. The molecule has 0 spiro atoms. The van der Waals surface area contributed by atoms with Gasteiger partial charge in [-0.2, -0.15) is 0 Å². The molecule has 0 aliphatic rings. The highest BCUT2D eigenvalue weighted by Gasteiger charge is 2.09. The third kappa shape index (κ3) is 3.58. The van der Waals surface area contributed by atoms with Crippen molar-refractivity contribution in [2.24, 2.45) is 0 Å². The molecule has 1 aromatic heterocycles. The lowest BCUT2D eigenvalue weighted by Gasteiger charge is -2.06. The van der Waals surface area contributed by atoms with Crippen LogP contribution in [0.15, 0.2) is 60.7 Å². The van der Waals surface area contributed by atoms with Gasteiger partial charge in [-0.3, -0.25) is 9.59 Å². The number of nitrogens with one attached hydrogen (secondary N) is 3. The van der Waals surface area contributed by atoms with Crippen LogP contribution in [0.5, 0.6) is 0 Å². The highest BCUT2D eigenvalue weighted by molar-refractivity contribution is 5.98. The summed E-state index contributed by atoms with van der Waals surface area (Å²) >= 11 is 0. The number of aromatic nitrogens is 1. The van der Waals surface area contributed by atoms with E-state index < -0.39 is 0 Å². The summed E-state index contributed by atoms with van der Waals surface area (Å²) in [5.41, 5.74) is 2.05. The Morgan fingerprint density at radius 2 is 1.48 bits per heavy atom. The molecule has 0 radical (unpaired) electrons. The SMILES string of the molecule is O=C(NCCNC(=O)c1cc2ccccc2[nH]1)c1ccccc1. The van der Waals surface area contributed by atoms with E-state index in [2.05, 4.69) is 15.6 Å². The lowest BCUT2D eigenvalue weighted by molar-refractivity contribution is 0.0925. The maximum atomic E-state index is 12.1. The van der Waals surface area contributed by atoms with Gasteiger partial charge in [-0.05, 0) is 24.3 Å². The first-order chi connectivity index (χ1) is 11.2. The van der Waals surface area contributed by atoms with Gasteiger partial charge >= 0.3 is 0 Å². The molecule has 3 N–H and O–H groups in total. The lowest BCUT2D eigenvalue weighted by atomic mass is 10.2. The van der Waals surface area contributed by atoms with E-state index in [0.717, 1.165) is 10.9 Å². The summed E-state index contributed by atoms with van der Waals surface area (Å²) in [6.45, 7) is 0.743. The molecule has 3 aromatic rings. The normalized spacial score (nSPS) is 10.4. The molecule has 0 aliphatic heterocycles. The largest absolute Gasteiger partial charge is 0.351 e. The van der Waals surface area contributed by atoms with Crippen LogP contribution in [0.2, 0.25) is 0 Å². The summed E-state index contributed by atoms with van der Waals surface area (Å²) in [5, 5.41) is 6.55. The van der Waals surface area contributed by atoms with E-state index in [1.807, 2.05) is 48.5 Å². The first-order valence-electron chi connectivity index (χ1n) is 7.43. The molecule has 0 fully saturated rings. The topological polar surface area (TPSA) is 74.0 Å². The van der Waals surface area contributed by atoms with Crippen molar-refractivity contribution >= 4 is 22.7 Å². The molecular formula is C18H17N3O2. The summed E-state index contributed by atoms with van der Waals surface area (Å²) in [4.78, 5) is 27.0. The summed E-state index contributed by atoms with van der Waals surface area (Å²) in [5.74, 6) is -0.333. The van der Waals surface area contributed by atoms with Crippen LogP contribution >= 0.6 is 0 Å². The molecule has 5 heteroatoms. The van der Waals surface area contributed by atoms with E-state index in [1.54, 1.807) is 12.1 Å². The van der Waals surface area contributed by atoms with Gasteiger partial charge in [-0.15, -0.1) is 0 Å². The average Bonchev–Trinajstić information content (AvgIpc) is 3.03. The predicted octanol–water partition coefficient (Wildman–Crippen LogP) is 2.33. The number of carbonyl (C=O) groups excluding carboxylic acids is 2. The number of para-hydroxylation sites is 1. The zero-order valence-corrected chi connectivity index (χ0v) is 12.5. The molecule has 0 unspecified atom stereocenters. The molecular weight excluding hydrogens is 290 g/mol. The summed E-state index contributed by atoms with van der Waals surface area (Å²) in [6.07, 6.45) is 0. The molecule has 116 valence electrons. The second kappa shape index (κ2) is 6.79. The van der Waals surface area contributed by atoms with Crippen molar-refractivity contribution in [1.82, 2.24) is 15.6 Å². The number of rotatable bonds is 5. The van der Waals surface area contributed by atoms with E-state index >= 15 is 0 Å². The van der Waals surface area contributed by atoms with E-state index in [-0.39, 0.29) is 11.8 Å². The van der Waals surface area contributed by atoms with Crippen LogP contribution in [-0.2, 0) is 0 Å². The van der Waals surface area contributed by atoms with Gasteiger partial charge in [0.2, 0.25) is 0 Å². The van der Waals surface area contributed by atoms with E-state index in [9.17, 15) is 9.59 Å². The van der Waals surface area contributed by atoms with Crippen molar-refractivity contribution < 1.29 is 9.59 Å². The second-order valence-corrected chi connectivity index (χ2v) is 5.15. The number of carbonyl (C=O) groups is 2. The van der Waals surface area contributed by atoms with Gasteiger partial charge in [0, 0.05) is 29.6 Å². The summed E-state index contributed by atoms with van der Waals surface area (Å²) in [7, 11) is 0. The maximum Gasteiger partial charge on any atom is 0.267 e. The second-order valence-electron chi connectivity index (χ2n) is 5.15. The van der Waals surface area contributed by atoms with Gasteiger partial charge in [0.1, 0.15) is 5.69 Å². The molecule has 0 bridgehead atoms. The van der Waals surface area contributed by atoms with Crippen molar-refractivity contribution in [1.29, 1.82) is 0 Å². The molecule has 2 aromatic carbocycles. The van der Waals surface area contributed by atoms with Gasteiger partial charge in [0.15, 0.2) is 0 Å². The number of amides is 2. The Morgan fingerprint density at radius 3 is 2.22 bits per heavy atom.